The number of hydrogen-bond donors (Lipinski definition) is 0. The minimum absolute atomic E-state index is 0.125. The number of aromatic nitrogens is 1. The van der Waals surface area contributed by atoms with Crippen LogP contribution < -0.4 is 4.90 Å². The van der Waals surface area contributed by atoms with Crippen LogP contribution in [0.2, 0.25) is 0 Å². The third-order valence-corrected chi connectivity index (χ3v) is 4.17. The van der Waals surface area contributed by atoms with Crippen LogP contribution in [0.15, 0.2) is 12.3 Å². The molecule has 2 aliphatic rings. The molecule has 0 amide bonds. The molecule has 3 rings (SSSR count). The molecule has 0 aromatic carbocycles. The zero-order valence-corrected chi connectivity index (χ0v) is 12.6. The number of ether oxygens (including phenoxy) is 2. The van der Waals surface area contributed by atoms with Gasteiger partial charge in [-0.15, -0.1) is 0 Å². The minimum atomic E-state index is -0.236. The van der Waals surface area contributed by atoms with E-state index in [4.69, 9.17) is 9.47 Å². The van der Waals surface area contributed by atoms with Crippen molar-refractivity contribution in [2.24, 2.45) is 0 Å². The summed E-state index contributed by atoms with van der Waals surface area (Å²) in [5, 5.41) is 9.34. The van der Waals surface area contributed by atoms with Gasteiger partial charge in [0.25, 0.3) is 0 Å². The molecule has 1 aromatic rings. The van der Waals surface area contributed by atoms with E-state index in [1.54, 1.807) is 6.20 Å². The van der Waals surface area contributed by atoms with Crippen LogP contribution in [0.4, 0.5) is 5.69 Å². The van der Waals surface area contributed by atoms with Gasteiger partial charge in [0.1, 0.15) is 11.7 Å². The van der Waals surface area contributed by atoms with E-state index in [0.29, 0.717) is 12.2 Å². The van der Waals surface area contributed by atoms with Gasteiger partial charge in [-0.05, 0) is 32.8 Å². The second-order valence-corrected chi connectivity index (χ2v) is 6.10. The third-order valence-electron chi connectivity index (χ3n) is 4.17. The Bertz CT molecular complexity index is 561. The summed E-state index contributed by atoms with van der Waals surface area (Å²) in [6, 6.07) is 4.24. The van der Waals surface area contributed by atoms with Crippen LogP contribution in [-0.4, -0.2) is 43.0 Å². The first-order chi connectivity index (χ1) is 10.1. The Balaban J connectivity index is 1.91. The van der Waals surface area contributed by atoms with Crippen molar-refractivity contribution in [2.75, 3.05) is 31.2 Å². The van der Waals surface area contributed by atoms with Crippen molar-refractivity contribution in [1.82, 2.24) is 4.98 Å². The fourth-order valence-corrected chi connectivity index (χ4v) is 3.35. The molecule has 0 radical (unpaired) electrons. The number of pyridine rings is 1. The zero-order valence-electron chi connectivity index (χ0n) is 12.6. The predicted octanol–water partition coefficient (Wildman–Crippen LogP) is 2.04. The lowest BCUT2D eigenvalue weighted by Gasteiger charge is -2.48. The highest BCUT2D eigenvalue weighted by Crippen LogP contribution is 2.33. The molecule has 1 spiro atoms. The molecular formula is C16H21N3O2. The van der Waals surface area contributed by atoms with E-state index in [9.17, 15) is 5.26 Å². The summed E-state index contributed by atoms with van der Waals surface area (Å²) in [6.45, 7) is 7.06. The molecule has 112 valence electrons. The molecule has 2 atom stereocenters. The average Bonchev–Trinajstić information content (AvgIpc) is 2.47. The predicted molar refractivity (Wildman–Crippen MR) is 79.2 cm³/mol. The van der Waals surface area contributed by atoms with Crippen LogP contribution >= 0.6 is 0 Å². The molecule has 2 aliphatic heterocycles. The summed E-state index contributed by atoms with van der Waals surface area (Å²) in [4.78, 5) is 6.48. The van der Waals surface area contributed by atoms with Crippen LogP contribution in [0.3, 0.4) is 0 Å². The molecule has 2 fully saturated rings. The quantitative estimate of drug-likeness (QED) is 0.791. The van der Waals surface area contributed by atoms with Gasteiger partial charge in [0.15, 0.2) is 0 Å². The molecule has 1 aromatic heterocycles. The summed E-state index contributed by atoms with van der Waals surface area (Å²) in [7, 11) is 0. The summed E-state index contributed by atoms with van der Waals surface area (Å²) in [6.07, 6.45) is 3.83. The van der Waals surface area contributed by atoms with Crippen LogP contribution in [0.5, 0.6) is 0 Å². The van der Waals surface area contributed by atoms with Crippen LogP contribution in [0, 0.1) is 18.3 Å². The SMILES string of the molecule is Cc1cc(N2C[C@@H](C)O[C@]3(CCCOC3)C2)c(C#N)cn1. The highest BCUT2D eigenvalue weighted by Gasteiger charge is 2.41. The van der Waals surface area contributed by atoms with Gasteiger partial charge in [0.2, 0.25) is 0 Å². The first-order valence-corrected chi connectivity index (χ1v) is 7.49. The number of nitriles is 1. The first kappa shape index (κ1) is 14.3. The zero-order chi connectivity index (χ0) is 14.9. The van der Waals surface area contributed by atoms with Crippen molar-refractivity contribution in [3.05, 3.63) is 23.5 Å². The molecule has 2 saturated heterocycles. The Labute approximate surface area is 125 Å². The lowest BCUT2D eigenvalue weighted by atomic mass is 9.93. The van der Waals surface area contributed by atoms with Crippen LogP contribution in [0.25, 0.3) is 0 Å². The number of nitrogens with zero attached hydrogens (tertiary/aromatic N) is 3. The van der Waals surface area contributed by atoms with Crippen molar-refractivity contribution < 1.29 is 9.47 Å². The summed E-state index contributed by atoms with van der Waals surface area (Å²) < 4.78 is 11.9. The van der Waals surface area contributed by atoms with Gasteiger partial charge >= 0.3 is 0 Å². The second-order valence-electron chi connectivity index (χ2n) is 6.10. The van der Waals surface area contributed by atoms with Gasteiger partial charge in [-0.1, -0.05) is 0 Å². The van der Waals surface area contributed by atoms with E-state index in [0.717, 1.165) is 43.9 Å². The molecule has 0 saturated carbocycles. The summed E-state index contributed by atoms with van der Waals surface area (Å²) >= 11 is 0. The molecule has 21 heavy (non-hydrogen) atoms. The lowest BCUT2D eigenvalue weighted by Crippen LogP contribution is -2.58. The van der Waals surface area contributed by atoms with Crippen molar-refractivity contribution in [3.63, 3.8) is 0 Å². The molecule has 3 heterocycles. The number of morpholine rings is 1. The molecule has 5 nitrogen and oxygen atoms in total. The van der Waals surface area contributed by atoms with Crippen molar-refractivity contribution >= 4 is 5.69 Å². The molecule has 0 unspecified atom stereocenters. The Morgan fingerprint density at radius 2 is 2.38 bits per heavy atom. The van der Waals surface area contributed by atoms with Gasteiger partial charge < -0.3 is 14.4 Å². The Kier molecular flexibility index (Phi) is 3.83. The Morgan fingerprint density at radius 3 is 3.10 bits per heavy atom. The first-order valence-electron chi connectivity index (χ1n) is 7.49. The molecule has 0 aliphatic carbocycles. The highest BCUT2D eigenvalue weighted by molar-refractivity contribution is 5.59. The number of anilines is 1. The Morgan fingerprint density at radius 1 is 1.52 bits per heavy atom. The maximum Gasteiger partial charge on any atom is 0.109 e. The van der Waals surface area contributed by atoms with E-state index in [2.05, 4.69) is 22.9 Å². The van der Waals surface area contributed by atoms with E-state index < -0.39 is 0 Å². The fourth-order valence-electron chi connectivity index (χ4n) is 3.35. The lowest BCUT2D eigenvalue weighted by molar-refractivity contribution is -0.160. The van der Waals surface area contributed by atoms with Gasteiger partial charge in [-0.3, -0.25) is 4.98 Å². The number of aryl methyl sites for hydroxylation is 1. The second kappa shape index (κ2) is 5.63. The van der Waals surface area contributed by atoms with Gasteiger partial charge in [0.05, 0.1) is 24.0 Å². The van der Waals surface area contributed by atoms with Crippen molar-refractivity contribution in [2.45, 2.75) is 38.4 Å². The van der Waals surface area contributed by atoms with Crippen molar-refractivity contribution in [3.8, 4) is 6.07 Å². The maximum absolute atomic E-state index is 9.34. The average molecular weight is 287 g/mol. The van der Waals surface area contributed by atoms with Gasteiger partial charge in [-0.25, -0.2) is 0 Å². The van der Waals surface area contributed by atoms with Crippen molar-refractivity contribution in [1.29, 1.82) is 5.26 Å². The Hall–Kier alpha value is -1.64. The number of rotatable bonds is 1. The van der Waals surface area contributed by atoms with E-state index >= 15 is 0 Å². The normalized spacial score (nSPS) is 29.4. The van der Waals surface area contributed by atoms with Crippen LogP contribution in [-0.2, 0) is 9.47 Å². The third kappa shape index (κ3) is 2.87. The van der Waals surface area contributed by atoms with E-state index in [1.807, 2.05) is 13.0 Å². The molecule has 5 heteroatoms. The van der Waals surface area contributed by atoms with E-state index in [-0.39, 0.29) is 11.7 Å². The molecule has 0 N–H and O–H groups in total. The monoisotopic (exact) mass is 287 g/mol. The largest absolute Gasteiger partial charge is 0.378 e. The molecular weight excluding hydrogens is 266 g/mol. The minimum Gasteiger partial charge on any atom is -0.378 e. The maximum atomic E-state index is 9.34. The highest BCUT2D eigenvalue weighted by atomic mass is 16.6. The fraction of sp³-hybridized carbons (Fsp3) is 0.625. The smallest absolute Gasteiger partial charge is 0.109 e. The van der Waals surface area contributed by atoms with Crippen LogP contribution in [0.1, 0.15) is 31.0 Å². The van der Waals surface area contributed by atoms with E-state index in [1.165, 1.54) is 0 Å². The summed E-state index contributed by atoms with van der Waals surface area (Å²) in [5.74, 6) is 0. The summed E-state index contributed by atoms with van der Waals surface area (Å²) in [5.41, 5.74) is 2.28. The molecule has 0 bridgehead atoms. The van der Waals surface area contributed by atoms with Gasteiger partial charge in [-0.2, -0.15) is 5.26 Å². The standard InChI is InChI=1S/C16H21N3O2/c1-12-6-15(14(7-17)8-18-12)19-9-13(2)21-16(10-19)4-3-5-20-11-16/h6,8,13H,3-5,9-11H2,1-2H3/t13-,16-/m1/s1. The number of hydrogen-bond acceptors (Lipinski definition) is 5. The van der Waals surface area contributed by atoms with Gasteiger partial charge in [0, 0.05) is 31.6 Å². The topological polar surface area (TPSA) is 58.4 Å².